The van der Waals surface area contributed by atoms with Gasteiger partial charge in [-0.25, -0.2) is 0 Å². The lowest BCUT2D eigenvalue weighted by Crippen LogP contribution is -2.25. The Hall–Kier alpha value is -0.810. The zero-order valence-electron chi connectivity index (χ0n) is 7.52. The Morgan fingerprint density at radius 1 is 1.64 bits per heavy atom. The Morgan fingerprint density at radius 2 is 2.27 bits per heavy atom. The largest absolute Gasteiger partial charge is 0.310 e. The molecule has 0 aliphatic carbocycles. The average molecular weight is 152 g/mol. The lowest BCUT2D eigenvalue weighted by atomic mass is 10.2. The summed E-state index contributed by atoms with van der Waals surface area (Å²) in [4.78, 5) is 0. The summed E-state index contributed by atoms with van der Waals surface area (Å²) in [7, 11) is 0. The molecule has 0 saturated carbocycles. The average Bonchev–Trinajstić information content (AvgIpc) is 1.87. The normalized spacial score (nSPS) is 11.8. The van der Waals surface area contributed by atoms with E-state index in [9.17, 15) is 0 Å². The van der Waals surface area contributed by atoms with E-state index in [4.69, 9.17) is 5.26 Å². The molecule has 62 valence electrons. The van der Waals surface area contributed by atoms with Crippen LogP contribution < -0.4 is 5.32 Å². The van der Waals surface area contributed by atoms with Gasteiger partial charge < -0.3 is 5.32 Å². The first-order valence-electron chi connectivity index (χ1n) is 3.90. The van der Waals surface area contributed by atoms with E-state index in [1.165, 1.54) is 5.57 Å². The molecule has 0 aliphatic rings. The Bertz CT molecular complexity index is 161. The zero-order chi connectivity index (χ0) is 8.69. The predicted molar refractivity (Wildman–Crippen MR) is 47.1 cm³/mol. The van der Waals surface area contributed by atoms with Crippen LogP contribution in [0, 0.1) is 11.3 Å². The number of nitrogens with zero attached hydrogens (tertiary/aromatic N) is 1. The maximum Gasteiger partial charge on any atom is 0.0638 e. The van der Waals surface area contributed by atoms with Crippen LogP contribution in [0.15, 0.2) is 11.6 Å². The van der Waals surface area contributed by atoms with Gasteiger partial charge in [-0.05, 0) is 20.8 Å². The molecule has 2 nitrogen and oxygen atoms in total. The van der Waals surface area contributed by atoms with Gasteiger partial charge in [-0.1, -0.05) is 11.6 Å². The molecule has 0 saturated heterocycles. The molecule has 0 heterocycles. The van der Waals surface area contributed by atoms with E-state index < -0.39 is 0 Å². The van der Waals surface area contributed by atoms with Gasteiger partial charge in [0.1, 0.15) is 0 Å². The topological polar surface area (TPSA) is 35.8 Å². The van der Waals surface area contributed by atoms with Crippen molar-refractivity contribution >= 4 is 0 Å². The highest BCUT2D eigenvalue weighted by Crippen LogP contribution is 1.89. The molecule has 1 N–H and O–H groups in total. The molecule has 0 aliphatic heterocycles. The number of allylic oxidation sites excluding steroid dienone is 1. The van der Waals surface area contributed by atoms with Gasteiger partial charge in [0.25, 0.3) is 0 Å². The van der Waals surface area contributed by atoms with Gasteiger partial charge in [-0.2, -0.15) is 5.26 Å². The van der Waals surface area contributed by atoms with Gasteiger partial charge in [0, 0.05) is 12.6 Å². The smallest absolute Gasteiger partial charge is 0.0638 e. The summed E-state index contributed by atoms with van der Waals surface area (Å²) in [6.45, 7) is 7.01. The third-order valence-corrected chi connectivity index (χ3v) is 1.37. The standard InChI is InChI=1S/C9H16N2/c1-8(2)5-7-11-9(3)4-6-10/h5,9,11H,4,7H2,1-3H3. The minimum absolute atomic E-state index is 0.301. The molecule has 0 bridgehead atoms. The number of nitriles is 1. The number of hydrogen-bond acceptors (Lipinski definition) is 2. The summed E-state index contributed by atoms with van der Waals surface area (Å²) in [5.41, 5.74) is 1.31. The van der Waals surface area contributed by atoms with Crippen LogP contribution in [0.3, 0.4) is 0 Å². The van der Waals surface area contributed by atoms with Gasteiger partial charge in [0.15, 0.2) is 0 Å². The van der Waals surface area contributed by atoms with E-state index in [0.29, 0.717) is 12.5 Å². The molecule has 1 atom stereocenters. The molecule has 0 amide bonds. The fourth-order valence-electron chi connectivity index (χ4n) is 0.673. The minimum atomic E-state index is 0.301. The fourth-order valence-corrected chi connectivity index (χ4v) is 0.673. The van der Waals surface area contributed by atoms with Crippen molar-refractivity contribution in [3.8, 4) is 6.07 Å². The molecule has 0 rings (SSSR count). The third-order valence-electron chi connectivity index (χ3n) is 1.37. The molecule has 0 radical (unpaired) electrons. The van der Waals surface area contributed by atoms with E-state index >= 15 is 0 Å². The Morgan fingerprint density at radius 3 is 2.73 bits per heavy atom. The molecule has 0 fully saturated rings. The minimum Gasteiger partial charge on any atom is -0.310 e. The van der Waals surface area contributed by atoms with Crippen LogP contribution in [-0.4, -0.2) is 12.6 Å². The third kappa shape index (κ3) is 7.08. The van der Waals surface area contributed by atoms with Crippen LogP contribution >= 0.6 is 0 Å². The fraction of sp³-hybridized carbons (Fsp3) is 0.667. The predicted octanol–water partition coefficient (Wildman–Crippen LogP) is 1.84. The van der Waals surface area contributed by atoms with Crippen molar-refractivity contribution in [2.24, 2.45) is 0 Å². The second kappa shape index (κ2) is 5.94. The molecular formula is C9H16N2. The van der Waals surface area contributed by atoms with Crippen LogP contribution in [0.25, 0.3) is 0 Å². The highest BCUT2D eigenvalue weighted by Gasteiger charge is 1.95. The van der Waals surface area contributed by atoms with Crippen molar-refractivity contribution in [2.45, 2.75) is 33.2 Å². The first-order chi connectivity index (χ1) is 5.16. The molecule has 0 aromatic carbocycles. The highest BCUT2D eigenvalue weighted by atomic mass is 14.9. The number of nitrogens with one attached hydrogen (secondary N) is 1. The first kappa shape index (κ1) is 10.2. The molecule has 0 aromatic heterocycles. The highest BCUT2D eigenvalue weighted by molar-refractivity contribution is 4.95. The SMILES string of the molecule is CC(C)=CCNC(C)CC#N. The summed E-state index contributed by atoms with van der Waals surface area (Å²) in [6, 6.07) is 2.42. The van der Waals surface area contributed by atoms with Crippen molar-refractivity contribution in [1.82, 2.24) is 5.32 Å². The van der Waals surface area contributed by atoms with Crippen LogP contribution in [0.2, 0.25) is 0 Å². The van der Waals surface area contributed by atoms with Crippen LogP contribution in [0.5, 0.6) is 0 Å². The summed E-state index contributed by atoms with van der Waals surface area (Å²) in [5.74, 6) is 0. The van der Waals surface area contributed by atoms with E-state index in [0.717, 1.165) is 6.54 Å². The van der Waals surface area contributed by atoms with Crippen molar-refractivity contribution in [3.63, 3.8) is 0 Å². The van der Waals surface area contributed by atoms with Crippen molar-refractivity contribution in [1.29, 1.82) is 5.26 Å². The maximum atomic E-state index is 8.34. The van der Waals surface area contributed by atoms with Crippen LogP contribution in [0.4, 0.5) is 0 Å². The van der Waals surface area contributed by atoms with Crippen LogP contribution in [-0.2, 0) is 0 Å². The zero-order valence-corrected chi connectivity index (χ0v) is 7.52. The monoisotopic (exact) mass is 152 g/mol. The summed E-state index contributed by atoms with van der Waals surface area (Å²) < 4.78 is 0. The van der Waals surface area contributed by atoms with E-state index in [2.05, 4.69) is 31.3 Å². The van der Waals surface area contributed by atoms with Gasteiger partial charge in [-0.15, -0.1) is 0 Å². The quantitative estimate of drug-likeness (QED) is 0.624. The summed E-state index contributed by atoms with van der Waals surface area (Å²) >= 11 is 0. The van der Waals surface area contributed by atoms with Crippen molar-refractivity contribution < 1.29 is 0 Å². The van der Waals surface area contributed by atoms with Gasteiger partial charge in [-0.3, -0.25) is 0 Å². The Labute approximate surface area is 68.9 Å². The van der Waals surface area contributed by atoms with Gasteiger partial charge in [0.05, 0.1) is 12.5 Å². The van der Waals surface area contributed by atoms with E-state index in [-0.39, 0.29) is 0 Å². The summed E-state index contributed by atoms with van der Waals surface area (Å²) in [6.07, 6.45) is 2.70. The lowest BCUT2D eigenvalue weighted by molar-refractivity contribution is 0.594. The molecule has 1 unspecified atom stereocenters. The Balaban J connectivity index is 3.40. The number of rotatable bonds is 4. The van der Waals surface area contributed by atoms with Crippen LogP contribution in [0.1, 0.15) is 27.2 Å². The molecule has 2 heteroatoms. The van der Waals surface area contributed by atoms with E-state index in [1.807, 2.05) is 6.92 Å². The van der Waals surface area contributed by atoms with E-state index in [1.54, 1.807) is 0 Å². The molecule has 11 heavy (non-hydrogen) atoms. The second-order valence-corrected chi connectivity index (χ2v) is 2.95. The van der Waals surface area contributed by atoms with Crippen molar-refractivity contribution in [2.75, 3.05) is 6.54 Å². The number of hydrogen-bond donors (Lipinski definition) is 1. The Kier molecular flexibility index (Phi) is 5.50. The van der Waals surface area contributed by atoms with Gasteiger partial charge >= 0.3 is 0 Å². The molecule has 0 spiro atoms. The molecule has 0 aromatic rings. The summed E-state index contributed by atoms with van der Waals surface area (Å²) in [5, 5.41) is 11.6. The maximum absolute atomic E-state index is 8.34. The first-order valence-corrected chi connectivity index (χ1v) is 3.90. The molecular weight excluding hydrogens is 136 g/mol. The lowest BCUT2D eigenvalue weighted by Gasteiger charge is -2.06. The van der Waals surface area contributed by atoms with Crippen molar-refractivity contribution in [3.05, 3.63) is 11.6 Å². The van der Waals surface area contributed by atoms with Gasteiger partial charge in [0.2, 0.25) is 0 Å². The second-order valence-electron chi connectivity index (χ2n) is 2.95.